The first-order chi connectivity index (χ1) is 7.10. The Morgan fingerprint density at radius 1 is 1.53 bits per heavy atom. The highest BCUT2D eigenvalue weighted by atomic mass is 16.5. The molecule has 3 atom stereocenters. The number of methoxy groups -OCH3 is 1. The minimum atomic E-state index is -0.195. The summed E-state index contributed by atoms with van der Waals surface area (Å²) in [6.45, 7) is 4.07. The van der Waals surface area contributed by atoms with E-state index in [0.717, 1.165) is 12.8 Å². The Morgan fingerprint density at radius 3 is 2.53 bits per heavy atom. The SMILES string of the molecule is COC(=O)C(NC(C)C(C)CO)C1CC1. The van der Waals surface area contributed by atoms with Gasteiger partial charge in [-0.2, -0.15) is 0 Å². The van der Waals surface area contributed by atoms with Crippen molar-refractivity contribution in [1.82, 2.24) is 5.32 Å². The fraction of sp³-hybridized carbons (Fsp3) is 0.909. The van der Waals surface area contributed by atoms with Crippen molar-refractivity contribution in [3.63, 3.8) is 0 Å². The lowest BCUT2D eigenvalue weighted by atomic mass is 10.0. The lowest BCUT2D eigenvalue weighted by Crippen LogP contribution is -2.47. The molecule has 3 unspecified atom stereocenters. The van der Waals surface area contributed by atoms with Crippen molar-refractivity contribution in [2.45, 2.75) is 38.8 Å². The Hall–Kier alpha value is -0.610. The first-order valence-electron chi connectivity index (χ1n) is 5.54. The standard InChI is InChI=1S/C11H21NO3/c1-7(6-13)8(2)12-10(9-4-5-9)11(14)15-3/h7-10,12-13H,4-6H2,1-3H3. The van der Waals surface area contributed by atoms with Crippen molar-refractivity contribution < 1.29 is 14.6 Å². The monoisotopic (exact) mass is 215 g/mol. The first kappa shape index (κ1) is 12.5. The molecule has 0 heterocycles. The predicted octanol–water partition coefficient (Wildman–Crippen LogP) is 0.544. The van der Waals surface area contributed by atoms with E-state index in [1.165, 1.54) is 7.11 Å². The van der Waals surface area contributed by atoms with Crippen LogP contribution in [0.2, 0.25) is 0 Å². The number of esters is 1. The van der Waals surface area contributed by atoms with E-state index in [4.69, 9.17) is 9.84 Å². The van der Waals surface area contributed by atoms with Crippen molar-refractivity contribution in [3.8, 4) is 0 Å². The van der Waals surface area contributed by atoms with Gasteiger partial charge in [-0.3, -0.25) is 4.79 Å². The van der Waals surface area contributed by atoms with Crippen LogP contribution in [0.25, 0.3) is 0 Å². The fourth-order valence-electron chi connectivity index (χ4n) is 1.56. The van der Waals surface area contributed by atoms with Gasteiger partial charge >= 0.3 is 5.97 Å². The van der Waals surface area contributed by atoms with Crippen LogP contribution in [0.4, 0.5) is 0 Å². The summed E-state index contributed by atoms with van der Waals surface area (Å²) in [6.07, 6.45) is 2.18. The van der Waals surface area contributed by atoms with Crippen LogP contribution >= 0.6 is 0 Å². The third-order valence-electron chi connectivity index (χ3n) is 3.13. The number of hydrogen-bond acceptors (Lipinski definition) is 4. The number of hydrogen-bond donors (Lipinski definition) is 2. The number of nitrogens with one attached hydrogen (secondary N) is 1. The van der Waals surface area contributed by atoms with E-state index in [0.29, 0.717) is 5.92 Å². The maximum absolute atomic E-state index is 11.5. The van der Waals surface area contributed by atoms with Crippen LogP contribution in [0.3, 0.4) is 0 Å². The molecule has 0 aliphatic heterocycles. The highest BCUT2D eigenvalue weighted by Gasteiger charge is 2.37. The molecular weight excluding hydrogens is 194 g/mol. The van der Waals surface area contributed by atoms with Crippen LogP contribution in [0.5, 0.6) is 0 Å². The molecule has 0 radical (unpaired) electrons. The van der Waals surface area contributed by atoms with Gasteiger partial charge in [0.25, 0.3) is 0 Å². The highest BCUT2D eigenvalue weighted by molar-refractivity contribution is 5.76. The lowest BCUT2D eigenvalue weighted by Gasteiger charge is -2.24. The van der Waals surface area contributed by atoms with Crippen LogP contribution in [-0.4, -0.2) is 36.9 Å². The van der Waals surface area contributed by atoms with Gasteiger partial charge in [0, 0.05) is 12.6 Å². The van der Waals surface area contributed by atoms with E-state index >= 15 is 0 Å². The summed E-state index contributed by atoms with van der Waals surface area (Å²) in [7, 11) is 1.42. The van der Waals surface area contributed by atoms with Gasteiger partial charge < -0.3 is 15.2 Å². The maximum atomic E-state index is 11.5. The van der Waals surface area contributed by atoms with E-state index in [9.17, 15) is 4.79 Å². The minimum absolute atomic E-state index is 0.125. The van der Waals surface area contributed by atoms with Crippen LogP contribution in [0.1, 0.15) is 26.7 Å². The first-order valence-corrected chi connectivity index (χ1v) is 5.54. The molecule has 0 aromatic rings. The average Bonchev–Trinajstić information content (AvgIpc) is 3.07. The zero-order chi connectivity index (χ0) is 11.4. The third-order valence-corrected chi connectivity index (χ3v) is 3.13. The van der Waals surface area contributed by atoms with E-state index in [1.807, 2.05) is 13.8 Å². The third kappa shape index (κ3) is 3.47. The fourth-order valence-corrected chi connectivity index (χ4v) is 1.56. The molecule has 1 saturated carbocycles. The summed E-state index contributed by atoms with van der Waals surface area (Å²) in [5.41, 5.74) is 0. The lowest BCUT2D eigenvalue weighted by molar-refractivity contribution is -0.144. The van der Waals surface area contributed by atoms with Crippen molar-refractivity contribution in [3.05, 3.63) is 0 Å². The molecule has 4 nitrogen and oxygen atoms in total. The average molecular weight is 215 g/mol. The minimum Gasteiger partial charge on any atom is -0.468 e. The van der Waals surface area contributed by atoms with Crippen molar-refractivity contribution in [1.29, 1.82) is 0 Å². The van der Waals surface area contributed by atoms with Gasteiger partial charge in [-0.05, 0) is 31.6 Å². The normalized spacial score (nSPS) is 21.9. The molecule has 0 saturated heterocycles. The molecule has 0 amide bonds. The van der Waals surface area contributed by atoms with E-state index in [-0.39, 0.29) is 30.6 Å². The largest absolute Gasteiger partial charge is 0.468 e. The Kier molecular flexibility index (Phi) is 4.54. The van der Waals surface area contributed by atoms with E-state index < -0.39 is 0 Å². The molecule has 0 bridgehead atoms. The number of rotatable bonds is 6. The number of carbonyl (C=O) groups is 1. The number of ether oxygens (including phenoxy) is 1. The van der Waals surface area contributed by atoms with E-state index in [1.54, 1.807) is 0 Å². The summed E-state index contributed by atoms with van der Waals surface area (Å²) in [6, 6.07) is -0.0706. The summed E-state index contributed by atoms with van der Waals surface area (Å²) in [5.74, 6) is 0.385. The van der Waals surface area contributed by atoms with Gasteiger partial charge in [0.05, 0.1) is 7.11 Å². The molecule has 1 rings (SSSR count). The van der Waals surface area contributed by atoms with Gasteiger partial charge in [-0.25, -0.2) is 0 Å². The van der Waals surface area contributed by atoms with Crippen LogP contribution in [-0.2, 0) is 9.53 Å². The summed E-state index contributed by atoms with van der Waals surface area (Å²) in [5, 5.41) is 12.3. The molecule has 1 aliphatic carbocycles. The van der Waals surface area contributed by atoms with E-state index in [2.05, 4.69) is 5.32 Å². The van der Waals surface area contributed by atoms with Gasteiger partial charge in [0.15, 0.2) is 0 Å². The van der Waals surface area contributed by atoms with Gasteiger partial charge in [-0.1, -0.05) is 6.92 Å². The number of carbonyl (C=O) groups excluding carboxylic acids is 1. The van der Waals surface area contributed by atoms with Gasteiger partial charge in [0.2, 0.25) is 0 Å². The molecule has 1 fully saturated rings. The van der Waals surface area contributed by atoms with Crippen LogP contribution < -0.4 is 5.32 Å². The Morgan fingerprint density at radius 2 is 2.13 bits per heavy atom. The zero-order valence-corrected chi connectivity index (χ0v) is 9.69. The molecule has 4 heteroatoms. The highest BCUT2D eigenvalue weighted by Crippen LogP contribution is 2.33. The summed E-state index contributed by atoms with van der Waals surface area (Å²) in [4.78, 5) is 11.5. The molecule has 0 aromatic heterocycles. The van der Waals surface area contributed by atoms with Crippen LogP contribution in [0, 0.1) is 11.8 Å². The molecule has 0 aromatic carbocycles. The zero-order valence-electron chi connectivity index (χ0n) is 9.69. The predicted molar refractivity (Wildman–Crippen MR) is 57.4 cm³/mol. The molecule has 0 spiro atoms. The summed E-state index contributed by atoms with van der Waals surface area (Å²) >= 11 is 0. The Bertz CT molecular complexity index is 216. The second-order valence-electron chi connectivity index (χ2n) is 4.45. The molecule has 2 N–H and O–H groups in total. The molecular formula is C11H21NO3. The molecule has 15 heavy (non-hydrogen) atoms. The quantitative estimate of drug-likeness (QED) is 0.635. The van der Waals surface area contributed by atoms with Gasteiger partial charge in [-0.15, -0.1) is 0 Å². The second-order valence-corrected chi connectivity index (χ2v) is 4.45. The molecule has 1 aliphatic rings. The Labute approximate surface area is 91.0 Å². The van der Waals surface area contributed by atoms with Crippen molar-refractivity contribution in [2.75, 3.05) is 13.7 Å². The Balaban J connectivity index is 2.47. The second kappa shape index (κ2) is 5.47. The topological polar surface area (TPSA) is 58.6 Å². The van der Waals surface area contributed by atoms with Crippen LogP contribution in [0.15, 0.2) is 0 Å². The van der Waals surface area contributed by atoms with Gasteiger partial charge in [0.1, 0.15) is 6.04 Å². The smallest absolute Gasteiger partial charge is 0.323 e. The van der Waals surface area contributed by atoms with Crippen molar-refractivity contribution >= 4 is 5.97 Å². The summed E-state index contributed by atoms with van der Waals surface area (Å²) < 4.78 is 4.76. The number of aliphatic hydroxyl groups is 1. The van der Waals surface area contributed by atoms with Crippen molar-refractivity contribution in [2.24, 2.45) is 11.8 Å². The maximum Gasteiger partial charge on any atom is 0.323 e. The molecule has 88 valence electrons. The number of aliphatic hydroxyl groups excluding tert-OH is 1.